The van der Waals surface area contributed by atoms with E-state index in [4.69, 9.17) is 10.00 Å². The van der Waals surface area contributed by atoms with Crippen molar-refractivity contribution in [1.29, 1.82) is 5.26 Å². The molecule has 0 aliphatic carbocycles. The van der Waals surface area contributed by atoms with Crippen molar-refractivity contribution >= 4 is 10.9 Å². The van der Waals surface area contributed by atoms with Crippen molar-refractivity contribution in [2.24, 2.45) is 0 Å². The summed E-state index contributed by atoms with van der Waals surface area (Å²) in [6, 6.07) is 15.3. The van der Waals surface area contributed by atoms with Crippen molar-refractivity contribution < 1.29 is 4.74 Å². The predicted molar refractivity (Wildman–Crippen MR) is 71.6 cm³/mol. The molecule has 0 radical (unpaired) electrons. The van der Waals surface area contributed by atoms with E-state index in [-0.39, 0.29) is 0 Å². The van der Waals surface area contributed by atoms with Gasteiger partial charge < -0.3 is 4.74 Å². The lowest BCUT2D eigenvalue weighted by atomic mass is 10.1. The first-order valence-corrected chi connectivity index (χ1v) is 5.90. The van der Waals surface area contributed by atoms with Crippen LogP contribution in [0, 0.1) is 11.3 Å². The Hall–Kier alpha value is -2.80. The quantitative estimate of drug-likeness (QED) is 0.776. The van der Waals surface area contributed by atoms with Crippen LogP contribution in [-0.4, -0.2) is 10.2 Å². The van der Waals surface area contributed by atoms with Gasteiger partial charge in [0.25, 0.3) is 0 Å². The third kappa shape index (κ3) is 2.40. The number of fused-ring (bicyclic) bond motifs is 1. The van der Waals surface area contributed by atoms with Gasteiger partial charge in [0.1, 0.15) is 12.4 Å². The molecule has 1 heterocycles. The molecule has 0 aliphatic rings. The smallest absolute Gasteiger partial charge is 0.120 e. The molecule has 0 fully saturated rings. The maximum Gasteiger partial charge on any atom is 0.120 e. The number of ether oxygens (including phenoxy) is 1. The lowest BCUT2D eigenvalue weighted by molar-refractivity contribution is 0.306. The molecular weight excluding hydrogens is 238 g/mol. The van der Waals surface area contributed by atoms with Gasteiger partial charge in [0.05, 0.1) is 23.3 Å². The molecule has 0 aliphatic heterocycles. The Morgan fingerprint density at radius 3 is 2.79 bits per heavy atom. The van der Waals surface area contributed by atoms with Gasteiger partial charge in [-0.15, -0.1) is 0 Å². The summed E-state index contributed by atoms with van der Waals surface area (Å²) in [4.78, 5) is 0. The highest BCUT2D eigenvalue weighted by Crippen LogP contribution is 2.19. The molecule has 0 bridgehead atoms. The molecular formula is C15H11N3O. The molecule has 0 spiro atoms. The number of hydrogen-bond donors (Lipinski definition) is 1. The summed E-state index contributed by atoms with van der Waals surface area (Å²) in [6.07, 6.45) is 1.77. The number of nitrogens with one attached hydrogen (secondary N) is 1. The first-order valence-electron chi connectivity index (χ1n) is 5.90. The van der Waals surface area contributed by atoms with E-state index in [2.05, 4.69) is 16.3 Å². The Balaban J connectivity index is 1.72. The molecule has 2 aromatic carbocycles. The molecule has 1 N–H and O–H groups in total. The Kier molecular flexibility index (Phi) is 2.87. The molecule has 92 valence electrons. The van der Waals surface area contributed by atoms with Crippen LogP contribution in [-0.2, 0) is 6.61 Å². The van der Waals surface area contributed by atoms with Gasteiger partial charge in [0.2, 0.25) is 0 Å². The molecule has 0 saturated heterocycles. The second-order valence-corrected chi connectivity index (χ2v) is 4.22. The van der Waals surface area contributed by atoms with Crippen LogP contribution in [0.3, 0.4) is 0 Å². The number of nitrogens with zero attached hydrogens (tertiary/aromatic N) is 2. The number of benzene rings is 2. The SMILES string of the molecule is N#Cc1ccc(COc2ccc3[nH]ncc3c2)cc1. The van der Waals surface area contributed by atoms with Crippen molar-refractivity contribution in [1.82, 2.24) is 10.2 Å². The number of H-pyrrole nitrogens is 1. The van der Waals surface area contributed by atoms with Gasteiger partial charge in [-0.3, -0.25) is 5.10 Å². The molecule has 4 heteroatoms. The van der Waals surface area contributed by atoms with Gasteiger partial charge in [-0.25, -0.2) is 0 Å². The van der Waals surface area contributed by atoms with E-state index in [0.717, 1.165) is 22.2 Å². The van der Waals surface area contributed by atoms with Crippen molar-refractivity contribution in [3.63, 3.8) is 0 Å². The zero-order valence-electron chi connectivity index (χ0n) is 10.1. The van der Waals surface area contributed by atoms with Crippen LogP contribution in [0.1, 0.15) is 11.1 Å². The Bertz CT molecular complexity index is 738. The minimum Gasteiger partial charge on any atom is -0.489 e. The fourth-order valence-corrected chi connectivity index (χ4v) is 1.85. The molecule has 1 aromatic heterocycles. The Morgan fingerprint density at radius 2 is 2.00 bits per heavy atom. The van der Waals surface area contributed by atoms with Crippen molar-refractivity contribution in [3.8, 4) is 11.8 Å². The van der Waals surface area contributed by atoms with Crippen LogP contribution in [0.5, 0.6) is 5.75 Å². The maximum absolute atomic E-state index is 8.73. The van der Waals surface area contributed by atoms with Crippen LogP contribution in [0.15, 0.2) is 48.7 Å². The lowest BCUT2D eigenvalue weighted by Crippen LogP contribution is -1.95. The zero-order chi connectivity index (χ0) is 13.1. The van der Waals surface area contributed by atoms with E-state index < -0.39 is 0 Å². The van der Waals surface area contributed by atoms with E-state index in [1.54, 1.807) is 18.3 Å². The highest BCUT2D eigenvalue weighted by atomic mass is 16.5. The number of aromatic amines is 1. The maximum atomic E-state index is 8.73. The molecule has 0 saturated carbocycles. The first kappa shape index (κ1) is 11.3. The number of nitriles is 1. The average Bonchev–Trinajstić information content (AvgIpc) is 2.93. The highest BCUT2D eigenvalue weighted by molar-refractivity contribution is 5.79. The topological polar surface area (TPSA) is 61.7 Å². The van der Waals surface area contributed by atoms with Gasteiger partial charge in [0, 0.05) is 5.39 Å². The van der Waals surface area contributed by atoms with E-state index in [9.17, 15) is 0 Å². The standard InChI is InChI=1S/C15H11N3O/c16-8-11-1-3-12(4-2-11)10-19-14-5-6-15-13(7-14)9-17-18-15/h1-7,9H,10H2,(H,17,18). The molecule has 3 rings (SSSR count). The van der Waals surface area contributed by atoms with Crippen molar-refractivity contribution in [2.45, 2.75) is 6.61 Å². The number of hydrogen-bond acceptors (Lipinski definition) is 3. The van der Waals surface area contributed by atoms with E-state index in [1.807, 2.05) is 30.3 Å². The summed E-state index contributed by atoms with van der Waals surface area (Å²) in [6.45, 7) is 0.481. The summed E-state index contributed by atoms with van der Waals surface area (Å²) >= 11 is 0. The third-order valence-corrected chi connectivity index (χ3v) is 2.90. The number of aromatic nitrogens is 2. The summed E-state index contributed by atoms with van der Waals surface area (Å²) in [7, 11) is 0. The van der Waals surface area contributed by atoms with Crippen molar-refractivity contribution in [3.05, 3.63) is 59.8 Å². The Labute approximate surface area is 110 Å². The normalized spacial score (nSPS) is 10.3. The fourth-order valence-electron chi connectivity index (χ4n) is 1.85. The van der Waals surface area contributed by atoms with Gasteiger partial charge >= 0.3 is 0 Å². The number of rotatable bonds is 3. The van der Waals surface area contributed by atoms with Gasteiger partial charge in [-0.05, 0) is 35.9 Å². The summed E-state index contributed by atoms with van der Waals surface area (Å²) < 4.78 is 5.72. The fraction of sp³-hybridized carbons (Fsp3) is 0.0667. The molecule has 0 unspecified atom stereocenters. The predicted octanol–water partition coefficient (Wildman–Crippen LogP) is 3.01. The average molecular weight is 249 g/mol. The van der Waals surface area contributed by atoms with Crippen LogP contribution < -0.4 is 4.74 Å². The summed E-state index contributed by atoms with van der Waals surface area (Å²) in [5.74, 6) is 0.804. The Morgan fingerprint density at radius 1 is 1.16 bits per heavy atom. The highest BCUT2D eigenvalue weighted by Gasteiger charge is 2.00. The molecule has 3 aromatic rings. The molecule has 4 nitrogen and oxygen atoms in total. The first-order chi connectivity index (χ1) is 9.35. The largest absolute Gasteiger partial charge is 0.489 e. The molecule has 0 amide bonds. The molecule has 19 heavy (non-hydrogen) atoms. The van der Waals surface area contributed by atoms with E-state index >= 15 is 0 Å². The minimum atomic E-state index is 0.481. The summed E-state index contributed by atoms with van der Waals surface area (Å²) in [5.41, 5.74) is 2.68. The van der Waals surface area contributed by atoms with Crippen LogP contribution in [0.4, 0.5) is 0 Å². The van der Waals surface area contributed by atoms with Gasteiger partial charge in [0.15, 0.2) is 0 Å². The third-order valence-electron chi connectivity index (χ3n) is 2.90. The second kappa shape index (κ2) is 4.83. The van der Waals surface area contributed by atoms with Crippen molar-refractivity contribution in [2.75, 3.05) is 0 Å². The van der Waals surface area contributed by atoms with Gasteiger partial charge in [-0.1, -0.05) is 12.1 Å². The van der Waals surface area contributed by atoms with Crippen LogP contribution >= 0.6 is 0 Å². The molecule has 0 atom stereocenters. The van der Waals surface area contributed by atoms with E-state index in [0.29, 0.717) is 12.2 Å². The minimum absolute atomic E-state index is 0.481. The lowest BCUT2D eigenvalue weighted by Gasteiger charge is -2.06. The second-order valence-electron chi connectivity index (χ2n) is 4.22. The zero-order valence-corrected chi connectivity index (χ0v) is 10.1. The van der Waals surface area contributed by atoms with Gasteiger partial charge in [-0.2, -0.15) is 10.4 Å². The van der Waals surface area contributed by atoms with E-state index in [1.165, 1.54) is 0 Å². The summed E-state index contributed by atoms with van der Waals surface area (Å²) in [5, 5.41) is 16.6. The van der Waals surface area contributed by atoms with Crippen LogP contribution in [0.25, 0.3) is 10.9 Å². The van der Waals surface area contributed by atoms with Crippen LogP contribution in [0.2, 0.25) is 0 Å². The monoisotopic (exact) mass is 249 g/mol.